The summed E-state index contributed by atoms with van der Waals surface area (Å²) in [7, 11) is 0. The standard InChI is InChI=1S/C8H9BrF2N2/c1-4-5(8(10)11)3-13-6(2-9)7(4)12/h3,8H,2,12H2,1H3. The van der Waals surface area contributed by atoms with Gasteiger partial charge in [0.1, 0.15) is 0 Å². The molecule has 0 radical (unpaired) electrons. The zero-order valence-corrected chi connectivity index (χ0v) is 8.61. The maximum absolute atomic E-state index is 12.3. The minimum Gasteiger partial charge on any atom is -0.397 e. The van der Waals surface area contributed by atoms with Gasteiger partial charge in [0.15, 0.2) is 0 Å². The first-order chi connectivity index (χ1) is 6.07. The van der Waals surface area contributed by atoms with Gasteiger partial charge in [-0.3, -0.25) is 4.98 Å². The number of aromatic nitrogens is 1. The fourth-order valence-electron chi connectivity index (χ4n) is 1.01. The van der Waals surface area contributed by atoms with Crippen molar-refractivity contribution in [2.75, 3.05) is 5.73 Å². The molecule has 2 nitrogen and oxygen atoms in total. The molecule has 0 fully saturated rings. The Bertz CT molecular complexity index is 315. The van der Waals surface area contributed by atoms with Crippen LogP contribution < -0.4 is 5.73 Å². The fraction of sp³-hybridized carbons (Fsp3) is 0.375. The van der Waals surface area contributed by atoms with Gasteiger partial charge in [-0.05, 0) is 12.5 Å². The third-order valence-electron chi connectivity index (χ3n) is 1.87. The Morgan fingerprint density at radius 1 is 1.62 bits per heavy atom. The molecule has 0 saturated heterocycles. The van der Waals surface area contributed by atoms with E-state index in [1.165, 1.54) is 6.20 Å². The molecule has 13 heavy (non-hydrogen) atoms. The predicted molar refractivity (Wildman–Crippen MR) is 51.0 cm³/mol. The van der Waals surface area contributed by atoms with E-state index in [1.54, 1.807) is 6.92 Å². The molecule has 5 heteroatoms. The first kappa shape index (κ1) is 10.4. The third kappa shape index (κ3) is 1.96. The zero-order chi connectivity index (χ0) is 10.0. The first-order valence-corrected chi connectivity index (χ1v) is 4.78. The molecule has 1 aromatic heterocycles. The van der Waals surface area contributed by atoms with Crippen molar-refractivity contribution in [3.63, 3.8) is 0 Å². The van der Waals surface area contributed by atoms with Crippen LogP contribution in [0.2, 0.25) is 0 Å². The minimum atomic E-state index is -2.51. The molecule has 2 N–H and O–H groups in total. The number of hydrogen-bond donors (Lipinski definition) is 1. The lowest BCUT2D eigenvalue weighted by Gasteiger charge is -2.09. The van der Waals surface area contributed by atoms with Gasteiger partial charge in [-0.2, -0.15) is 0 Å². The number of nitrogen functional groups attached to an aromatic ring is 1. The molecule has 1 aromatic rings. The fourth-order valence-corrected chi connectivity index (χ4v) is 1.46. The second kappa shape index (κ2) is 4.00. The van der Waals surface area contributed by atoms with Crippen molar-refractivity contribution in [3.8, 4) is 0 Å². The lowest BCUT2D eigenvalue weighted by molar-refractivity contribution is 0.150. The summed E-state index contributed by atoms with van der Waals surface area (Å²) in [4.78, 5) is 3.83. The number of halogens is 3. The lowest BCUT2D eigenvalue weighted by atomic mass is 10.1. The molecule has 0 atom stereocenters. The highest BCUT2D eigenvalue weighted by Gasteiger charge is 2.14. The molecular weight excluding hydrogens is 242 g/mol. The van der Waals surface area contributed by atoms with Crippen LogP contribution in [0.3, 0.4) is 0 Å². The van der Waals surface area contributed by atoms with E-state index < -0.39 is 6.43 Å². The van der Waals surface area contributed by atoms with Crippen LogP contribution in [0.5, 0.6) is 0 Å². The summed E-state index contributed by atoms with van der Waals surface area (Å²) in [5.41, 5.74) is 6.87. The van der Waals surface area contributed by atoms with Crippen molar-refractivity contribution in [3.05, 3.63) is 23.0 Å². The molecule has 0 aromatic carbocycles. The normalized spacial score (nSPS) is 10.8. The van der Waals surface area contributed by atoms with Crippen molar-refractivity contribution in [1.29, 1.82) is 0 Å². The molecule has 0 unspecified atom stereocenters. The van der Waals surface area contributed by atoms with Crippen LogP contribution in [-0.2, 0) is 5.33 Å². The first-order valence-electron chi connectivity index (χ1n) is 3.66. The molecule has 0 saturated carbocycles. The van der Waals surface area contributed by atoms with E-state index >= 15 is 0 Å². The van der Waals surface area contributed by atoms with Gasteiger partial charge in [0.05, 0.1) is 11.4 Å². The average Bonchev–Trinajstić information content (AvgIpc) is 2.09. The number of nitrogens with zero attached hydrogens (tertiary/aromatic N) is 1. The monoisotopic (exact) mass is 250 g/mol. The molecule has 0 aliphatic rings. The number of alkyl halides is 3. The van der Waals surface area contributed by atoms with Crippen molar-refractivity contribution in [1.82, 2.24) is 4.98 Å². The molecule has 0 aliphatic carbocycles. The second-order valence-corrected chi connectivity index (χ2v) is 3.19. The van der Waals surface area contributed by atoms with Crippen LogP contribution in [0.25, 0.3) is 0 Å². The van der Waals surface area contributed by atoms with E-state index in [9.17, 15) is 8.78 Å². The van der Waals surface area contributed by atoms with Crippen molar-refractivity contribution in [2.24, 2.45) is 0 Å². The third-order valence-corrected chi connectivity index (χ3v) is 2.40. The van der Waals surface area contributed by atoms with Crippen LogP contribution in [0.1, 0.15) is 23.2 Å². The Hall–Kier alpha value is -0.710. The zero-order valence-electron chi connectivity index (χ0n) is 7.02. The summed E-state index contributed by atoms with van der Waals surface area (Å²) >= 11 is 3.17. The maximum atomic E-state index is 12.3. The lowest BCUT2D eigenvalue weighted by Crippen LogP contribution is -2.02. The van der Waals surface area contributed by atoms with Crippen molar-refractivity contribution < 1.29 is 8.78 Å². The van der Waals surface area contributed by atoms with E-state index in [0.29, 0.717) is 22.3 Å². The van der Waals surface area contributed by atoms with Crippen LogP contribution in [-0.4, -0.2) is 4.98 Å². The summed E-state index contributed by atoms with van der Waals surface area (Å²) < 4.78 is 24.7. The number of rotatable bonds is 2. The SMILES string of the molecule is Cc1c(C(F)F)cnc(CBr)c1N. The largest absolute Gasteiger partial charge is 0.397 e. The Morgan fingerprint density at radius 2 is 2.23 bits per heavy atom. The quantitative estimate of drug-likeness (QED) is 0.821. The van der Waals surface area contributed by atoms with Gasteiger partial charge in [-0.15, -0.1) is 0 Å². The predicted octanol–water partition coefficient (Wildman–Crippen LogP) is 2.80. The van der Waals surface area contributed by atoms with Gasteiger partial charge in [0, 0.05) is 17.1 Å². The van der Waals surface area contributed by atoms with Crippen LogP contribution in [0, 0.1) is 6.92 Å². The second-order valence-electron chi connectivity index (χ2n) is 2.63. The molecular formula is C8H9BrF2N2. The minimum absolute atomic E-state index is 0.0952. The number of nitrogens with two attached hydrogens (primary N) is 1. The number of pyridine rings is 1. The molecule has 0 amide bonds. The molecule has 0 spiro atoms. The van der Waals surface area contributed by atoms with Gasteiger partial charge in [0.25, 0.3) is 6.43 Å². The summed E-state index contributed by atoms with van der Waals surface area (Å²) in [5.74, 6) is 0. The summed E-state index contributed by atoms with van der Waals surface area (Å²) in [6.07, 6.45) is -1.34. The summed E-state index contributed by atoms with van der Waals surface area (Å²) in [6, 6.07) is 0. The summed E-state index contributed by atoms with van der Waals surface area (Å²) in [5, 5.41) is 0.475. The molecule has 0 aliphatic heterocycles. The molecule has 1 rings (SSSR count). The highest BCUT2D eigenvalue weighted by Crippen LogP contribution is 2.27. The van der Waals surface area contributed by atoms with E-state index in [2.05, 4.69) is 20.9 Å². The van der Waals surface area contributed by atoms with Gasteiger partial charge < -0.3 is 5.73 Å². The highest BCUT2D eigenvalue weighted by molar-refractivity contribution is 9.08. The van der Waals surface area contributed by atoms with Crippen LogP contribution in [0.15, 0.2) is 6.20 Å². The topological polar surface area (TPSA) is 38.9 Å². The Balaban J connectivity index is 3.23. The van der Waals surface area contributed by atoms with Crippen molar-refractivity contribution in [2.45, 2.75) is 18.7 Å². The smallest absolute Gasteiger partial charge is 0.265 e. The maximum Gasteiger partial charge on any atom is 0.265 e. The molecule has 0 bridgehead atoms. The Morgan fingerprint density at radius 3 is 2.69 bits per heavy atom. The van der Waals surface area contributed by atoms with Crippen LogP contribution in [0.4, 0.5) is 14.5 Å². The van der Waals surface area contributed by atoms with Gasteiger partial charge in [-0.25, -0.2) is 8.78 Å². The van der Waals surface area contributed by atoms with Gasteiger partial charge in [0.2, 0.25) is 0 Å². The average molecular weight is 251 g/mol. The Kier molecular flexibility index (Phi) is 3.19. The molecule has 72 valence electrons. The Labute approximate surface area is 83.3 Å². The number of anilines is 1. The highest BCUT2D eigenvalue weighted by atomic mass is 79.9. The van der Waals surface area contributed by atoms with Crippen LogP contribution >= 0.6 is 15.9 Å². The summed E-state index contributed by atoms with van der Waals surface area (Å²) in [6.45, 7) is 1.57. The van der Waals surface area contributed by atoms with Gasteiger partial charge >= 0.3 is 0 Å². The number of hydrogen-bond acceptors (Lipinski definition) is 2. The van der Waals surface area contributed by atoms with E-state index in [4.69, 9.17) is 5.73 Å². The molecule has 1 heterocycles. The van der Waals surface area contributed by atoms with E-state index in [0.717, 1.165) is 0 Å². The van der Waals surface area contributed by atoms with E-state index in [-0.39, 0.29) is 5.56 Å². The van der Waals surface area contributed by atoms with E-state index in [1.807, 2.05) is 0 Å². The van der Waals surface area contributed by atoms with Gasteiger partial charge in [-0.1, -0.05) is 15.9 Å². The van der Waals surface area contributed by atoms with Crippen molar-refractivity contribution >= 4 is 21.6 Å².